The Morgan fingerprint density at radius 1 is 1.36 bits per heavy atom. The van der Waals surface area contributed by atoms with E-state index < -0.39 is 11.4 Å². The smallest absolute Gasteiger partial charge is 0.337 e. The molecule has 1 heterocycles. The van der Waals surface area contributed by atoms with Gasteiger partial charge in [0, 0.05) is 25.4 Å². The molecule has 1 aromatic carbocycles. The van der Waals surface area contributed by atoms with Gasteiger partial charge in [-0.1, -0.05) is 6.07 Å². The predicted molar refractivity (Wildman–Crippen MR) is 85.2 cm³/mol. The molecule has 1 saturated heterocycles. The number of amides is 1. The Kier molecular flexibility index (Phi) is 6.80. The zero-order chi connectivity index (χ0) is 15.3. The largest absolute Gasteiger partial charge is 0.465 e. The lowest BCUT2D eigenvalue weighted by molar-refractivity contribution is -0.130. The van der Waals surface area contributed by atoms with Gasteiger partial charge in [0.1, 0.15) is 0 Å². The first-order valence-electron chi connectivity index (χ1n) is 6.89. The number of rotatable bonds is 4. The average molecular weight is 329 g/mol. The van der Waals surface area contributed by atoms with Gasteiger partial charge in [-0.2, -0.15) is 0 Å². The Morgan fingerprint density at radius 3 is 2.64 bits per heavy atom. The number of methoxy groups -OCH3 is 1. The highest BCUT2D eigenvalue weighted by atomic mass is 35.5. The summed E-state index contributed by atoms with van der Waals surface area (Å²) in [5, 5.41) is 2.84. The van der Waals surface area contributed by atoms with Crippen LogP contribution in [0, 0.1) is 5.41 Å². The van der Waals surface area contributed by atoms with E-state index in [1.54, 1.807) is 24.3 Å². The van der Waals surface area contributed by atoms with E-state index in [4.69, 9.17) is 10.5 Å². The highest BCUT2D eigenvalue weighted by molar-refractivity contribution is 5.97. The van der Waals surface area contributed by atoms with Gasteiger partial charge in [0.05, 0.1) is 18.1 Å². The van der Waals surface area contributed by atoms with Crippen LogP contribution in [0.3, 0.4) is 0 Å². The van der Waals surface area contributed by atoms with Crippen molar-refractivity contribution in [3.05, 3.63) is 29.8 Å². The molecule has 122 valence electrons. The van der Waals surface area contributed by atoms with E-state index in [-0.39, 0.29) is 24.9 Å². The average Bonchev–Trinajstić information content (AvgIpc) is 2.54. The minimum absolute atomic E-state index is 0. The quantitative estimate of drug-likeness (QED) is 0.819. The number of anilines is 1. The summed E-state index contributed by atoms with van der Waals surface area (Å²) in [7, 11) is 1.32. The molecule has 0 spiro atoms. The number of ether oxygens (including phenoxy) is 2. The molecule has 1 aliphatic heterocycles. The number of nitrogens with two attached hydrogens (primary N) is 1. The molecule has 0 bridgehead atoms. The van der Waals surface area contributed by atoms with Crippen molar-refractivity contribution in [2.75, 3.05) is 32.2 Å². The Labute approximate surface area is 135 Å². The third-order valence-electron chi connectivity index (χ3n) is 3.86. The first kappa shape index (κ1) is 18.4. The first-order valence-corrected chi connectivity index (χ1v) is 6.89. The van der Waals surface area contributed by atoms with Gasteiger partial charge in [0.2, 0.25) is 5.91 Å². The van der Waals surface area contributed by atoms with Crippen molar-refractivity contribution in [1.29, 1.82) is 0 Å². The lowest BCUT2D eigenvalue weighted by atomic mass is 9.79. The van der Waals surface area contributed by atoms with E-state index in [1.807, 2.05) is 0 Å². The number of carbonyl (C=O) groups is 2. The van der Waals surface area contributed by atoms with Crippen molar-refractivity contribution < 1.29 is 19.1 Å². The highest BCUT2D eigenvalue weighted by Crippen LogP contribution is 2.31. The first-order chi connectivity index (χ1) is 10.1. The predicted octanol–water partition coefficient (Wildman–Crippen LogP) is 1.59. The number of hydrogen-bond donors (Lipinski definition) is 2. The third kappa shape index (κ3) is 3.97. The lowest BCUT2D eigenvalue weighted by Gasteiger charge is -2.34. The summed E-state index contributed by atoms with van der Waals surface area (Å²) in [5.41, 5.74) is 6.15. The topological polar surface area (TPSA) is 90.7 Å². The standard InChI is InChI=1S/C15H20N2O4.ClH/c1-20-13(18)11-3-2-4-12(9-11)17-14(19)15(10-16)5-7-21-8-6-15;/h2-4,9H,5-8,10,16H2,1H3,(H,17,19);1H. The fraction of sp³-hybridized carbons (Fsp3) is 0.467. The summed E-state index contributed by atoms with van der Waals surface area (Å²) in [5.74, 6) is -0.569. The van der Waals surface area contributed by atoms with E-state index in [9.17, 15) is 9.59 Å². The molecule has 1 fully saturated rings. The van der Waals surface area contributed by atoms with E-state index in [2.05, 4.69) is 10.1 Å². The van der Waals surface area contributed by atoms with Crippen molar-refractivity contribution in [2.45, 2.75) is 12.8 Å². The summed E-state index contributed by atoms with van der Waals surface area (Å²) in [6, 6.07) is 6.65. The zero-order valence-electron chi connectivity index (χ0n) is 12.5. The van der Waals surface area contributed by atoms with Crippen molar-refractivity contribution in [1.82, 2.24) is 0 Å². The molecule has 2 rings (SSSR count). The number of carbonyl (C=O) groups excluding carboxylic acids is 2. The second-order valence-corrected chi connectivity index (χ2v) is 5.12. The van der Waals surface area contributed by atoms with Gasteiger partial charge >= 0.3 is 5.97 Å². The molecule has 1 amide bonds. The lowest BCUT2D eigenvalue weighted by Crippen LogP contribution is -2.46. The van der Waals surface area contributed by atoms with Gasteiger partial charge in [-0.05, 0) is 31.0 Å². The van der Waals surface area contributed by atoms with Crippen molar-refractivity contribution >= 4 is 30.0 Å². The molecule has 1 aromatic rings. The van der Waals surface area contributed by atoms with Crippen LogP contribution in [0.2, 0.25) is 0 Å². The van der Waals surface area contributed by atoms with Gasteiger partial charge < -0.3 is 20.5 Å². The van der Waals surface area contributed by atoms with Crippen LogP contribution in [0.4, 0.5) is 5.69 Å². The van der Waals surface area contributed by atoms with Gasteiger partial charge in [0.25, 0.3) is 0 Å². The Hall–Kier alpha value is -1.63. The van der Waals surface area contributed by atoms with E-state index in [0.717, 1.165) is 0 Å². The molecule has 0 atom stereocenters. The SMILES string of the molecule is COC(=O)c1cccc(NC(=O)C2(CN)CCOCC2)c1.Cl. The molecular weight excluding hydrogens is 308 g/mol. The highest BCUT2D eigenvalue weighted by Gasteiger charge is 2.38. The molecule has 0 saturated carbocycles. The minimum atomic E-state index is -0.598. The van der Waals surface area contributed by atoms with Crippen LogP contribution in [-0.4, -0.2) is 38.7 Å². The Morgan fingerprint density at radius 2 is 2.05 bits per heavy atom. The molecule has 1 aliphatic rings. The molecule has 0 radical (unpaired) electrons. The summed E-state index contributed by atoms with van der Waals surface area (Å²) < 4.78 is 9.96. The van der Waals surface area contributed by atoms with Crippen molar-refractivity contribution in [3.8, 4) is 0 Å². The maximum atomic E-state index is 12.5. The van der Waals surface area contributed by atoms with Gasteiger partial charge in [-0.25, -0.2) is 4.79 Å². The maximum Gasteiger partial charge on any atom is 0.337 e. The molecule has 0 unspecified atom stereocenters. The molecule has 0 aromatic heterocycles. The number of halogens is 1. The van der Waals surface area contributed by atoms with Gasteiger partial charge in [-0.3, -0.25) is 4.79 Å². The van der Waals surface area contributed by atoms with Crippen LogP contribution < -0.4 is 11.1 Å². The monoisotopic (exact) mass is 328 g/mol. The second-order valence-electron chi connectivity index (χ2n) is 5.12. The zero-order valence-corrected chi connectivity index (χ0v) is 13.3. The number of hydrogen-bond acceptors (Lipinski definition) is 5. The van der Waals surface area contributed by atoms with Gasteiger partial charge in [0.15, 0.2) is 0 Å². The third-order valence-corrected chi connectivity index (χ3v) is 3.86. The summed E-state index contributed by atoms with van der Waals surface area (Å²) in [4.78, 5) is 24.0. The summed E-state index contributed by atoms with van der Waals surface area (Å²) in [6.07, 6.45) is 1.21. The van der Waals surface area contributed by atoms with E-state index in [1.165, 1.54) is 7.11 Å². The van der Waals surface area contributed by atoms with Gasteiger partial charge in [-0.15, -0.1) is 12.4 Å². The van der Waals surface area contributed by atoms with Crippen molar-refractivity contribution in [3.63, 3.8) is 0 Å². The molecule has 7 heteroatoms. The maximum absolute atomic E-state index is 12.5. The molecule has 0 aliphatic carbocycles. The molecule has 3 N–H and O–H groups in total. The summed E-state index contributed by atoms with van der Waals surface area (Å²) in [6.45, 7) is 1.35. The molecule has 22 heavy (non-hydrogen) atoms. The second kappa shape index (κ2) is 8.12. The van der Waals surface area contributed by atoms with E-state index >= 15 is 0 Å². The molecular formula is C15H21ClN2O4. The Bertz CT molecular complexity index is 530. The van der Waals surface area contributed by atoms with E-state index in [0.29, 0.717) is 37.3 Å². The number of benzene rings is 1. The number of nitrogens with one attached hydrogen (secondary N) is 1. The number of esters is 1. The minimum Gasteiger partial charge on any atom is -0.465 e. The fourth-order valence-electron chi connectivity index (χ4n) is 2.39. The Balaban J connectivity index is 0.00000242. The summed E-state index contributed by atoms with van der Waals surface area (Å²) >= 11 is 0. The fourth-order valence-corrected chi connectivity index (χ4v) is 2.39. The van der Waals surface area contributed by atoms with Crippen LogP contribution in [-0.2, 0) is 14.3 Å². The molecule has 6 nitrogen and oxygen atoms in total. The van der Waals surface area contributed by atoms with Crippen LogP contribution in [0.5, 0.6) is 0 Å². The van der Waals surface area contributed by atoms with Crippen LogP contribution >= 0.6 is 12.4 Å². The van der Waals surface area contributed by atoms with Crippen LogP contribution in [0.15, 0.2) is 24.3 Å². The normalized spacial score (nSPS) is 16.3. The van der Waals surface area contributed by atoms with Crippen molar-refractivity contribution in [2.24, 2.45) is 11.1 Å². The van der Waals surface area contributed by atoms with Crippen LogP contribution in [0.25, 0.3) is 0 Å². The van der Waals surface area contributed by atoms with Crippen LogP contribution in [0.1, 0.15) is 23.2 Å².